The summed E-state index contributed by atoms with van der Waals surface area (Å²) in [6.45, 7) is 3.85. The van der Waals surface area contributed by atoms with Gasteiger partial charge in [0.15, 0.2) is 0 Å². The second-order valence-electron chi connectivity index (χ2n) is 4.23. The van der Waals surface area contributed by atoms with Gasteiger partial charge in [0.1, 0.15) is 0 Å². The first kappa shape index (κ1) is 8.80. The third-order valence-corrected chi connectivity index (χ3v) is 3.42. The van der Waals surface area contributed by atoms with E-state index in [4.69, 9.17) is 0 Å². The Hall–Kier alpha value is -0.780. The Labute approximate surface area is 81.0 Å². The Kier molecular flexibility index (Phi) is 2.68. The molecule has 2 aliphatic rings. The van der Waals surface area contributed by atoms with E-state index in [1.54, 1.807) is 0 Å². The molecular weight excluding hydrogens is 156 g/mol. The molecule has 0 N–H and O–H groups in total. The molecule has 0 aromatic rings. The smallest absolute Gasteiger partial charge is 0.0136 e. The monoisotopic (exact) mass is 174 g/mol. The standard InChI is InChI=1S/C13H18/c1-2-6-11-8-5-9-12-7-3-4-10-13(11)12/h2-4,7,10-13H,1,5-6,8-9H2. The van der Waals surface area contributed by atoms with E-state index >= 15 is 0 Å². The fourth-order valence-corrected chi connectivity index (χ4v) is 2.76. The van der Waals surface area contributed by atoms with E-state index < -0.39 is 0 Å². The molecule has 0 spiro atoms. The van der Waals surface area contributed by atoms with Crippen molar-refractivity contribution < 1.29 is 0 Å². The molecule has 70 valence electrons. The molecule has 0 heterocycles. The predicted molar refractivity (Wildman–Crippen MR) is 57.4 cm³/mol. The molecule has 0 aliphatic heterocycles. The van der Waals surface area contributed by atoms with Crippen LogP contribution in [0.2, 0.25) is 0 Å². The van der Waals surface area contributed by atoms with Crippen molar-refractivity contribution in [2.75, 3.05) is 0 Å². The molecule has 0 aromatic carbocycles. The maximum absolute atomic E-state index is 3.85. The van der Waals surface area contributed by atoms with Crippen molar-refractivity contribution in [2.24, 2.45) is 17.8 Å². The molecule has 1 saturated carbocycles. The van der Waals surface area contributed by atoms with E-state index in [2.05, 4.69) is 37.0 Å². The van der Waals surface area contributed by atoms with Crippen molar-refractivity contribution in [3.05, 3.63) is 37.0 Å². The molecule has 3 atom stereocenters. The quantitative estimate of drug-likeness (QED) is 0.560. The van der Waals surface area contributed by atoms with Gasteiger partial charge in [0.2, 0.25) is 0 Å². The van der Waals surface area contributed by atoms with Crippen LogP contribution in [0.1, 0.15) is 25.7 Å². The van der Waals surface area contributed by atoms with Gasteiger partial charge in [-0.1, -0.05) is 36.8 Å². The maximum atomic E-state index is 3.85. The van der Waals surface area contributed by atoms with E-state index in [0.717, 1.165) is 17.8 Å². The largest absolute Gasteiger partial charge is 0.103 e. The summed E-state index contributed by atoms with van der Waals surface area (Å²) in [5.41, 5.74) is 0. The first-order valence-electron chi connectivity index (χ1n) is 5.37. The fraction of sp³-hybridized carbons (Fsp3) is 0.538. The summed E-state index contributed by atoms with van der Waals surface area (Å²) < 4.78 is 0. The number of fused-ring (bicyclic) bond motifs is 1. The second kappa shape index (κ2) is 3.95. The number of hydrogen-bond donors (Lipinski definition) is 0. The van der Waals surface area contributed by atoms with Gasteiger partial charge < -0.3 is 0 Å². The summed E-state index contributed by atoms with van der Waals surface area (Å²) in [5, 5.41) is 0. The predicted octanol–water partition coefficient (Wildman–Crippen LogP) is 3.72. The van der Waals surface area contributed by atoms with Crippen molar-refractivity contribution in [1.82, 2.24) is 0 Å². The summed E-state index contributed by atoms with van der Waals surface area (Å²) >= 11 is 0. The summed E-state index contributed by atoms with van der Waals surface area (Å²) in [7, 11) is 0. The molecule has 0 aromatic heterocycles. The summed E-state index contributed by atoms with van der Waals surface area (Å²) in [5.74, 6) is 2.48. The van der Waals surface area contributed by atoms with Gasteiger partial charge in [-0.3, -0.25) is 0 Å². The van der Waals surface area contributed by atoms with Gasteiger partial charge in [-0.05, 0) is 37.0 Å². The highest BCUT2D eigenvalue weighted by molar-refractivity contribution is 5.16. The average Bonchev–Trinajstić information content (AvgIpc) is 2.19. The Morgan fingerprint density at radius 2 is 2.08 bits per heavy atom. The number of allylic oxidation sites excluding steroid dienone is 5. The van der Waals surface area contributed by atoms with Crippen LogP contribution in [0.15, 0.2) is 37.0 Å². The Bertz CT molecular complexity index is 234. The highest BCUT2D eigenvalue weighted by Gasteiger charge is 2.29. The molecule has 2 aliphatic carbocycles. The molecule has 0 nitrogen and oxygen atoms in total. The lowest BCUT2D eigenvalue weighted by molar-refractivity contribution is 0.229. The van der Waals surface area contributed by atoms with Crippen LogP contribution in [0.3, 0.4) is 0 Å². The zero-order chi connectivity index (χ0) is 9.10. The summed E-state index contributed by atoms with van der Waals surface area (Å²) in [6.07, 6.45) is 16.7. The molecule has 2 rings (SSSR count). The van der Waals surface area contributed by atoms with Crippen LogP contribution in [0, 0.1) is 17.8 Å². The van der Waals surface area contributed by atoms with Gasteiger partial charge in [-0.25, -0.2) is 0 Å². The molecule has 0 saturated heterocycles. The Balaban J connectivity index is 2.08. The van der Waals surface area contributed by atoms with Gasteiger partial charge in [-0.15, -0.1) is 6.58 Å². The van der Waals surface area contributed by atoms with Crippen molar-refractivity contribution in [3.63, 3.8) is 0 Å². The summed E-state index contributed by atoms with van der Waals surface area (Å²) in [4.78, 5) is 0. The SMILES string of the molecule is C=CCC1CCCC2C=CC=CC21. The van der Waals surface area contributed by atoms with Crippen LogP contribution in [-0.4, -0.2) is 0 Å². The summed E-state index contributed by atoms with van der Waals surface area (Å²) in [6, 6.07) is 0. The Morgan fingerprint density at radius 3 is 2.92 bits per heavy atom. The van der Waals surface area contributed by atoms with E-state index in [-0.39, 0.29) is 0 Å². The van der Waals surface area contributed by atoms with Crippen LogP contribution < -0.4 is 0 Å². The third kappa shape index (κ3) is 1.77. The minimum absolute atomic E-state index is 0.803. The molecule has 0 amide bonds. The molecular formula is C13H18. The van der Waals surface area contributed by atoms with E-state index in [1.165, 1.54) is 25.7 Å². The molecule has 0 bridgehead atoms. The molecule has 1 fully saturated rings. The lowest BCUT2D eigenvalue weighted by Crippen LogP contribution is -2.26. The lowest BCUT2D eigenvalue weighted by atomic mass is 9.69. The highest BCUT2D eigenvalue weighted by Crippen LogP contribution is 2.39. The minimum Gasteiger partial charge on any atom is -0.103 e. The van der Waals surface area contributed by atoms with Crippen LogP contribution >= 0.6 is 0 Å². The molecule has 0 radical (unpaired) electrons. The van der Waals surface area contributed by atoms with Gasteiger partial charge >= 0.3 is 0 Å². The van der Waals surface area contributed by atoms with Crippen molar-refractivity contribution in [3.8, 4) is 0 Å². The van der Waals surface area contributed by atoms with Gasteiger partial charge in [0.05, 0.1) is 0 Å². The van der Waals surface area contributed by atoms with E-state index in [9.17, 15) is 0 Å². The number of rotatable bonds is 2. The van der Waals surface area contributed by atoms with Crippen molar-refractivity contribution in [2.45, 2.75) is 25.7 Å². The average molecular weight is 174 g/mol. The van der Waals surface area contributed by atoms with Crippen LogP contribution in [0.25, 0.3) is 0 Å². The van der Waals surface area contributed by atoms with Gasteiger partial charge in [-0.2, -0.15) is 0 Å². The van der Waals surface area contributed by atoms with Crippen LogP contribution in [0.5, 0.6) is 0 Å². The third-order valence-electron chi connectivity index (χ3n) is 3.42. The van der Waals surface area contributed by atoms with Gasteiger partial charge in [0.25, 0.3) is 0 Å². The lowest BCUT2D eigenvalue weighted by Gasteiger charge is -2.36. The first-order chi connectivity index (χ1) is 6.42. The Morgan fingerprint density at radius 1 is 1.23 bits per heavy atom. The molecule has 13 heavy (non-hydrogen) atoms. The number of hydrogen-bond acceptors (Lipinski definition) is 0. The van der Waals surface area contributed by atoms with Crippen LogP contribution in [-0.2, 0) is 0 Å². The zero-order valence-corrected chi connectivity index (χ0v) is 8.15. The normalized spacial score (nSPS) is 37.1. The second-order valence-corrected chi connectivity index (χ2v) is 4.23. The van der Waals surface area contributed by atoms with E-state index in [1.807, 2.05) is 0 Å². The molecule has 3 unspecified atom stereocenters. The minimum atomic E-state index is 0.803. The zero-order valence-electron chi connectivity index (χ0n) is 8.15. The van der Waals surface area contributed by atoms with Crippen molar-refractivity contribution >= 4 is 0 Å². The fourth-order valence-electron chi connectivity index (χ4n) is 2.76. The maximum Gasteiger partial charge on any atom is -0.0136 e. The first-order valence-corrected chi connectivity index (χ1v) is 5.37. The topological polar surface area (TPSA) is 0 Å². The van der Waals surface area contributed by atoms with Gasteiger partial charge in [0, 0.05) is 0 Å². The molecule has 0 heteroatoms. The van der Waals surface area contributed by atoms with Crippen LogP contribution in [0.4, 0.5) is 0 Å². The van der Waals surface area contributed by atoms with E-state index in [0.29, 0.717) is 0 Å². The van der Waals surface area contributed by atoms with Crippen molar-refractivity contribution in [1.29, 1.82) is 0 Å². The highest BCUT2D eigenvalue weighted by atomic mass is 14.3.